The number of rotatable bonds is 13. The van der Waals surface area contributed by atoms with Crippen LogP contribution in [0.5, 0.6) is 0 Å². The van der Waals surface area contributed by atoms with Gasteiger partial charge in [0.25, 0.3) is 5.97 Å². The van der Waals surface area contributed by atoms with Crippen molar-refractivity contribution in [3.63, 3.8) is 0 Å². The van der Waals surface area contributed by atoms with Gasteiger partial charge >= 0.3 is 8.80 Å². The van der Waals surface area contributed by atoms with Gasteiger partial charge < -0.3 is 29.4 Å². The third-order valence-electron chi connectivity index (χ3n) is 3.71. The summed E-state index contributed by atoms with van der Waals surface area (Å²) in [6.07, 6.45) is 4.18. The third-order valence-corrected chi connectivity index (χ3v) is 6.61. The maximum absolute atomic E-state index is 9.00. The first-order valence-corrected chi connectivity index (χ1v) is 10.9. The molecule has 7 nitrogen and oxygen atoms in total. The van der Waals surface area contributed by atoms with Crippen LogP contribution in [0.2, 0.25) is 6.04 Å². The number of carboxylic acid groups (broad SMARTS) is 1. The molecule has 4 N–H and O–H groups in total. The van der Waals surface area contributed by atoms with Crippen molar-refractivity contribution in [1.29, 1.82) is 0 Å². The van der Waals surface area contributed by atoms with E-state index in [1.807, 2.05) is 18.2 Å². The van der Waals surface area contributed by atoms with Crippen molar-refractivity contribution in [3.05, 3.63) is 48.7 Å². The van der Waals surface area contributed by atoms with Gasteiger partial charge in [-0.05, 0) is 37.6 Å². The molecule has 0 saturated heterocycles. The molecule has 8 heteroatoms. The third kappa shape index (κ3) is 12.3. The fourth-order valence-corrected chi connectivity index (χ4v) is 4.68. The van der Waals surface area contributed by atoms with Crippen LogP contribution in [-0.2, 0) is 24.5 Å². The fourth-order valence-electron chi connectivity index (χ4n) is 2.47. The molecule has 27 heavy (non-hydrogen) atoms. The van der Waals surface area contributed by atoms with Crippen LogP contribution in [0.3, 0.4) is 0 Å². The molecule has 0 saturated carbocycles. The highest BCUT2D eigenvalue weighted by molar-refractivity contribution is 6.60. The van der Waals surface area contributed by atoms with Crippen molar-refractivity contribution >= 4 is 14.8 Å². The molecule has 1 rings (SSSR count). The number of aliphatic carboxylic acids is 1. The number of nitrogens with two attached hydrogens (primary N) is 1. The quantitative estimate of drug-likeness (QED) is 0.346. The smallest absolute Gasteiger partial charge is 0.481 e. The number of hydrogen-bond acceptors (Lipinski definition) is 6. The number of hydrogen-bond donors (Lipinski definition) is 3. The van der Waals surface area contributed by atoms with Crippen LogP contribution in [0, 0.1) is 0 Å². The molecule has 1 aromatic carbocycles. The largest absolute Gasteiger partial charge is 0.500 e. The number of carboxylic acids is 1. The summed E-state index contributed by atoms with van der Waals surface area (Å²) in [5.41, 5.74) is 6.99. The first-order valence-electron chi connectivity index (χ1n) is 8.99. The van der Waals surface area contributed by atoms with E-state index in [1.165, 1.54) is 5.56 Å². The predicted molar refractivity (Wildman–Crippen MR) is 109 cm³/mol. The van der Waals surface area contributed by atoms with Crippen molar-refractivity contribution in [2.24, 2.45) is 5.73 Å². The molecular formula is C19H34N2O5Si. The molecule has 0 aromatic heterocycles. The molecule has 0 radical (unpaired) electrons. The lowest BCUT2D eigenvalue weighted by Gasteiger charge is -2.31. The molecule has 0 amide bonds. The zero-order valence-electron chi connectivity index (χ0n) is 16.6. The lowest BCUT2D eigenvalue weighted by atomic mass is 10.1. The number of benzene rings is 1. The molecule has 154 valence electrons. The van der Waals surface area contributed by atoms with Crippen LogP contribution < -0.4 is 11.1 Å². The minimum Gasteiger partial charge on any atom is -0.481 e. The summed E-state index contributed by atoms with van der Waals surface area (Å²) >= 11 is 0. The molecule has 0 spiro atoms. The Morgan fingerprint density at radius 2 is 1.93 bits per heavy atom. The maximum atomic E-state index is 9.00. The van der Waals surface area contributed by atoms with Crippen LogP contribution in [0.1, 0.15) is 25.3 Å². The summed E-state index contributed by atoms with van der Waals surface area (Å²) in [7, 11) is 0.653. The normalized spacial score (nSPS) is 11.9. The van der Waals surface area contributed by atoms with E-state index in [-0.39, 0.29) is 6.10 Å². The second kappa shape index (κ2) is 15.4. The van der Waals surface area contributed by atoms with Gasteiger partial charge in [0.15, 0.2) is 0 Å². The minimum absolute atomic E-state index is 0.00123. The highest BCUT2D eigenvalue weighted by atomic mass is 28.4. The molecule has 1 atom stereocenters. The van der Waals surface area contributed by atoms with E-state index in [0.29, 0.717) is 6.54 Å². The summed E-state index contributed by atoms with van der Waals surface area (Å²) in [6, 6.07) is 11.0. The van der Waals surface area contributed by atoms with Crippen LogP contribution >= 0.6 is 0 Å². The highest BCUT2D eigenvalue weighted by Crippen LogP contribution is 2.21. The molecular weight excluding hydrogens is 364 g/mol. The van der Waals surface area contributed by atoms with Crippen LogP contribution in [0.15, 0.2) is 43.1 Å². The van der Waals surface area contributed by atoms with Gasteiger partial charge in [-0.25, -0.2) is 0 Å². The van der Waals surface area contributed by atoms with Crippen LogP contribution in [0.25, 0.3) is 0 Å². The zero-order chi connectivity index (χ0) is 20.5. The van der Waals surface area contributed by atoms with Crippen molar-refractivity contribution in [2.45, 2.75) is 38.3 Å². The molecule has 1 unspecified atom stereocenters. The lowest BCUT2D eigenvalue weighted by molar-refractivity contribution is -0.134. The van der Waals surface area contributed by atoms with E-state index in [2.05, 4.69) is 24.0 Å². The Labute approximate surface area is 163 Å². The second-order valence-corrected chi connectivity index (χ2v) is 8.80. The molecule has 0 aliphatic rings. The van der Waals surface area contributed by atoms with E-state index in [4.69, 9.17) is 28.9 Å². The molecule has 0 aliphatic heterocycles. The van der Waals surface area contributed by atoms with E-state index >= 15 is 0 Å². The highest BCUT2D eigenvalue weighted by Gasteiger charge is 2.40. The van der Waals surface area contributed by atoms with Crippen molar-refractivity contribution < 1.29 is 23.2 Å². The molecule has 0 heterocycles. The summed E-state index contributed by atoms with van der Waals surface area (Å²) in [5.74, 6) is -0.833. The van der Waals surface area contributed by atoms with Crippen molar-refractivity contribution in [3.8, 4) is 0 Å². The number of nitrogens with one attached hydrogen (secondary N) is 1. The topological polar surface area (TPSA) is 103 Å². The Morgan fingerprint density at radius 3 is 2.41 bits per heavy atom. The fraction of sp³-hybridized carbons (Fsp3) is 0.526. The molecule has 0 bridgehead atoms. The summed E-state index contributed by atoms with van der Waals surface area (Å²) in [4.78, 5) is 9.00. The Bertz CT molecular complexity index is 508. The SMILES string of the molecule is C=CNCCC[Si](OC)(OC)OC(CCN)Cc1ccccc1.CC(=O)O. The van der Waals surface area contributed by atoms with Gasteiger partial charge in [-0.15, -0.1) is 0 Å². The van der Waals surface area contributed by atoms with Crippen molar-refractivity contribution in [1.82, 2.24) is 5.32 Å². The van der Waals surface area contributed by atoms with E-state index in [9.17, 15) is 0 Å². The van der Waals surface area contributed by atoms with Gasteiger partial charge in [0, 0.05) is 33.7 Å². The zero-order valence-corrected chi connectivity index (χ0v) is 17.6. The Morgan fingerprint density at radius 1 is 1.33 bits per heavy atom. The van der Waals surface area contributed by atoms with Gasteiger partial charge in [-0.2, -0.15) is 0 Å². The number of carbonyl (C=O) groups is 1. The first-order chi connectivity index (χ1) is 12.9. The summed E-state index contributed by atoms with van der Waals surface area (Å²) in [6.45, 7) is 6.14. The molecule has 0 aliphatic carbocycles. The van der Waals surface area contributed by atoms with Gasteiger partial charge in [0.05, 0.1) is 6.10 Å². The lowest BCUT2D eigenvalue weighted by Crippen LogP contribution is -2.48. The Kier molecular flexibility index (Phi) is 14.4. The Hall–Kier alpha value is -1.71. The second-order valence-electron chi connectivity index (χ2n) is 5.88. The van der Waals surface area contributed by atoms with E-state index in [0.717, 1.165) is 38.8 Å². The van der Waals surface area contributed by atoms with Crippen LogP contribution in [0.4, 0.5) is 0 Å². The Balaban J connectivity index is 0.00000153. The van der Waals surface area contributed by atoms with Gasteiger partial charge in [0.1, 0.15) is 0 Å². The predicted octanol–water partition coefficient (Wildman–Crippen LogP) is 2.41. The van der Waals surface area contributed by atoms with Gasteiger partial charge in [-0.1, -0.05) is 36.9 Å². The maximum Gasteiger partial charge on any atom is 0.500 e. The average Bonchev–Trinajstić information content (AvgIpc) is 2.65. The van der Waals surface area contributed by atoms with E-state index in [1.54, 1.807) is 20.4 Å². The van der Waals surface area contributed by atoms with Crippen molar-refractivity contribution in [2.75, 3.05) is 27.3 Å². The van der Waals surface area contributed by atoms with Gasteiger partial charge in [0.2, 0.25) is 0 Å². The molecule has 0 fully saturated rings. The average molecular weight is 399 g/mol. The summed E-state index contributed by atoms with van der Waals surface area (Å²) < 4.78 is 17.7. The minimum atomic E-state index is -2.68. The first kappa shape index (κ1) is 25.3. The van der Waals surface area contributed by atoms with Gasteiger partial charge in [-0.3, -0.25) is 4.79 Å². The molecule has 1 aromatic rings. The monoisotopic (exact) mass is 398 g/mol. The van der Waals surface area contributed by atoms with Crippen LogP contribution in [-0.4, -0.2) is 53.3 Å². The standard InChI is InChI=1S/C17H30N2O3Si.C2H4O2/c1-4-19-13-8-14-23(20-2,21-3)22-17(11-12-18)15-16-9-6-5-7-10-16;1-2(3)4/h4-7,9-10,17,19H,1,8,11-15,18H2,2-3H3;1H3,(H,3,4). The van der Waals surface area contributed by atoms with E-state index < -0.39 is 14.8 Å². The summed E-state index contributed by atoms with van der Waals surface area (Å²) in [5, 5.41) is 10.5.